The number of para-hydroxylation sites is 2. The van der Waals surface area contributed by atoms with Gasteiger partial charge in [0.05, 0.1) is 12.3 Å². The number of hydrogen-bond acceptors (Lipinski definition) is 4. The van der Waals surface area contributed by atoms with Crippen LogP contribution in [-0.2, 0) is 16.4 Å². The summed E-state index contributed by atoms with van der Waals surface area (Å²) in [5, 5.41) is 0. The number of anilines is 1. The Kier molecular flexibility index (Phi) is 4.67. The molecule has 6 heteroatoms. The van der Waals surface area contributed by atoms with Crippen LogP contribution in [0, 0.1) is 0 Å². The van der Waals surface area contributed by atoms with Crippen LogP contribution in [0.4, 0.5) is 5.69 Å². The van der Waals surface area contributed by atoms with E-state index in [9.17, 15) is 8.42 Å². The number of hydrogen-bond donors (Lipinski definition) is 1. The third-order valence-electron chi connectivity index (χ3n) is 2.68. The van der Waals surface area contributed by atoms with Crippen molar-refractivity contribution in [2.45, 2.75) is 24.5 Å². The molecular weight excluding hydrogens is 294 g/mol. The average Bonchev–Trinajstić information content (AvgIpc) is 2.91. The summed E-state index contributed by atoms with van der Waals surface area (Å²) in [6.45, 7) is 4.34. The van der Waals surface area contributed by atoms with Crippen LogP contribution in [-0.4, -0.2) is 15.0 Å². The predicted octanol–water partition coefficient (Wildman–Crippen LogP) is 3.51. The van der Waals surface area contributed by atoms with Crippen molar-refractivity contribution in [3.63, 3.8) is 0 Å². The highest BCUT2D eigenvalue weighted by molar-refractivity contribution is 7.94. The fourth-order valence-electron chi connectivity index (χ4n) is 1.72. The van der Waals surface area contributed by atoms with E-state index < -0.39 is 10.0 Å². The number of aryl methyl sites for hydroxylation is 1. The second-order valence-electron chi connectivity index (χ2n) is 4.11. The van der Waals surface area contributed by atoms with Gasteiger partial charge in [0.2, 0.25) is 0 Å². The van der Waals surface area contributed by atoms with Crippen molar-refractivity contribution in [2.24, 2.45) is 0 Å². The van der Waals surface area contributed by atoms with Crippen LogP contribution >= 0.6 is 11.3 Å². The molecule has 0 spiro atoms. The van der Waals surface area contributed by atoms with Crippen molar-refractivity contribution >= 4 is 27.0 Å². The van der Waals surface area contributed by atoms with Crippen molar-refractivity contribution in [1.82, 2.24) is 0 Å². The normalized spacial score (nSPS) is 11.3. The zero-order chi connectivity index (χ0) is 14.6. The maximum Gasteiger partial charge on any atom is 0.271 e. The molecule has 1 heterocycles. The molecule has 1 aromatic carbocycles. The van der Waals surface area contributed by atoms with Crippen molar-refractivity contribution in [1.29, 1.82) is 0 Å². The van der Waals surface area contributed by atoms with Gasteiger partial charge < -0.3 is 4.74 Å². The van der Waals surface area contributed by atoms with Crippen molar-refractivity contribution in [3.05, 3.63) is 41.3 Å². The van der Waals surface area contributed by atoms with E-state index >= 15 is 0 Å². The molecule has 0 aliphatic rings. The molecule has 4 nitrogen and oxygen atoms in total. The zero-order valence-corrected chi connectivity index (χ0v) is 13.1. The Morgan fingerprint density at radius 2 is 1.90 bits per heavy atom. The van der Waals surface area contributed by atoms with Crippen molar-refractivity contribution < 1.29 is 13.2 Å². The summed E-state index contributed by atoms with van der Waals surface area (Å²) >= 11 is 1.29. The first-order valence-corrected chi connectivity index (χ1v) is 8.70. The van der Waals surface area contributed by atoms with Crippen LogP contribution in [0.1, 0.15) is 18.7 Å². The van der Waals surface area contributed by atoms with E-state index in [0.717, 1.165) is 11.3 Å². The standard InChI is InChI=1S/C14H17NO3S2/c1-3-11-9-10-14(19-11)20(16,17)15-12-7-5-6-8-13(12)18-4-2/h5-10,15H,3-4H2,1-2H3. The van der Waals surface area contributed by atoms with Crippen LogP contribution in [0.3, 0.4) is 0 Å². The number of nitrogens with one attached hydrogen (secondary N) is 1. The van der Waals surface area contributed by atoms with Gasteiger partial charge in [-0.05, 0) is 37.6 Å². The lowest BCUT2D eigenvalue weighted by Crippen LogP contribution is -2.12. The number of rotatable bonds is 6. The quantitative estimate of drug-likeness (QED) is 0.888. The SMILES string of the molecule is CCOc1ccccc1NS(=O)(=O)c1ccc(CC)s1. The fourth-order valence-corrected chi connectivity index (χ4v) is 4.09. The van der Waals surface area contributed by atoms with Crippen LogP contribution in [0.25, 0.3) is 0 Å². The Morgan fingerprint density at radius 3 is 2.55 bits per heavy atom. The lowest BCUT2D eigenvalue weighted by atomic mass is 10.3. The monoisotopic (exact) mass is 311 g/mol. The molecule has 1 N–H and O–H groups in total. The molecule has 0 fully saturated rings. The number of sulfonamides is 1. The van der Waals surface area contributed by atoms with Crippen LogP contribution in [0.15, 0.2) is 40.6 Å². The van der Waals surface area contributed by atoms with Gasteiger partial charge in [0.15, 0.2) is 0 Å². The molecule has 1 aromatic heterocycles. The number of thiophene rings is 1. The fraction of sp³-hybridized carbons (Fsp3) is 0.286. The largest absolute Gasteiger partial charge is 0.492 e. The Morgan fingerprint density at radius 1 is 1.15 bits per heavy atom. The molecular formula is C14H17NO3S2. The van der Waals surface area contributed by atoms with Gasteiger partial charge in [0, 0.05) is 4.88 Å². The topological polar surface area (TPSA) is 55.4 Å². The van der Waals surface area contributed by atoms with E-state index in [0.29, 0.717) is 22.3 Å². The molecule has 0 saturated carbocycles. The molecule has 0 radical (unpaired) electrons. The van der Waals surface area contributed by atoms with E-state index in [1.54, 1.807) is 24.3 Å². The summed E-state index contributed by atoms with van der Waals surface area (Å²) in [6.07, 6.45) is 0.829. The molecule has 2 rings (SSSR count). The third-order valence-corrected chi connectivity index (χ3v) is 5.77. The highest BCUT2D eigenvalue weighted by atomic mass is 32.2. The minimum absolute atomic E-state index is 0.320. The van der Waals surface area contributed by atoms with Crippen LogP contribution in [0.2, 0.25) is 0 Å². The third kappa shape index (κ3) is 3.32. The molecule has 0 aliphatic heterocycles. The Bertz CT molecular complexity index is 677. The first-order valence-electron chi connectivity index (χ1n) is 6.40. The molecule has 0 amide bonds. The van der Waals surface area contributed by atoms with E-state index in [-0.39, 0.29) is 0 Å². The number of ether oxygens (including phenoxy) is 1. The van der Waals surface area contributed by atoms with Crippen LogP contribution < -0.4 is 9.46 Å². The Hall–Kier alpha value is -1.53. The maximum absolute atomic E-state index is 12.3. The zero-order valence-electron chi connectivity index (χ0n) is 11.4. The molecule has 108 valence electrons. The lowest BCUT2D eigenvalue weighted by Gasteiger charge is -2.11. The summed E-state index contributed by atoms with van der Waals surface area (Å²) in [7, 11) is -3.55. The summed E-state index contributed by atoms with van der Waals surface area (Å²) < 4.78 is 33.0. The molecule has 0 atom stereocenters. The van der Waals surface area contributed by atoms with E-state index in [2.05, 4.69) is 4.72 Å². The smallest absolute Gasteiger partial charge is 0.271 e. The summed E-state index contributed by atoms with van der Waals surface area (Å²) in [4.78, 5) is 1.04. The van der Waals surface area contributed by atoms with Gasteiger partial charge in [0.25, 0.3) is 10.0 Å². The van der Waals surface area contributed by atoms with Crippen molar-refractivity contribution in [2.75, 3.05) is 11.3 Å². The predicted molar refractivity (Wildman–Crippen MR) is 82.1 cm³/mol. The van der Waals surface area contributed by atoms with Crippen LogP contribution in [0.5, 0.6) is 5.75 Å². The highest BCUT2D eigenvalue weighted by Gasteiger charge is 2.18. The first-order chi connectivity index (χ1) is 9.56. The van der Waals surface area contributed by atoms with Gasteiger partial charge >= 0.3 is 0 Å². The lowest BCUT2D eigenvalue weighted by molar-refractivity contribution is 0.342. The molecule has 0 unspecified atom stereocenters. The molecule has 0 saturated heterocycles. The van der Waals surface area contributed by atoms with E-state index in [1.165, 1.54) is 11.3 Å². The van der Waals surface area contributed by atoms with Gasteiger partial charge in [0.1, 0.15) is 9.96 Å². The highest BCUT2D eigenvalue weighted by Crippen LogP contribution is 2.29. The molecule has 20 heavy (non-hydrogen) atoms. The summed E-state index contributed by atoms with van der Waals surface area (Å²) in [5.74, 6) is 0.533. The number of benzene rings is 1. The first kappa shape index (κ1) is 14.9. The van der Waals surface area contributed by atoms with Gasteiger partial charge in [-0.1, -0.05) is 19.1 Å². The average molecular weight is 311 g/mol. The maximum atomic E-state index is 12.3. The minimum Gasteiger partial charge on any atom is -0.492 e. The van der Waals surface area contributed by atoms with Gasteiger partial charge in [-0.2, -0.15) is 0 Å². The Labute approximate surface area is 123 Å². The second kappa shape index (κ2) is 6.28. The van der Waals surface area contributed by atoms with Gasteiger partial charge in [-0.15, -0.1) is 11.3 Å². The van der Waals surface area contributed by atoms with E-state index in [1.807, 2.05) is 26.0 Å². The summed E-state index contributed by atoms with van der Waals surface area (Å²) in [6, 6.07) is 10.5. The molecule has 2 aromatic rings. The van der Waals surface area contributed by atoms with Gasteiger partial charge in [-0.25, -0.2) is 8.42 Å². The molecule has 0 bridgehead atoms. The summed E-state index contributed by atoms with van der Waals surface area (Å²) in [5.41, 5.74) is 0.459. The van der Waals surface area contributed by atoms with Gasteiger partial charge in [-0.3, -0.25) is 4.72 Å². The molecule has 0 aliphatic carbocycles. The van der Waals surface area contributed by atoms with E-state index in [4.69, 9.17) is 4.74 Å². The second-order valence-corrected chi connectivity index (χ2v) is 7.19. The Balaban J connectivity index is 2.28. The minimum atomic E-state index is -3.55. The van der Waals surface area contributed by atoms with Crippen molar-refractivity contribution in [3.8, 4) is 5.75 Å².